The zero-order chi connectivity index (χ0) is 12.4. The zero-order valence-corrected chi connectivity index (χ0v) is 10.4. The van der Waals surface area contributed by atoms with Gasteiger partial charge in [-0.3, -0.25) is 14.6 Å². The molecule has 17 heavy (non-hydrogen) atoms. The molecule has 0 atom stereocenters. The normalized spacial score (nSPS) is 17.2. The molecule has 0 radical (unpaired) electrons. The Balaban J connectivity index is 2.26. The molecule has 92 valence electrons. The highest BCUT2D eigenvalue weighted by molar-refractivity contribution is 6.33. The van der Waals surface area contributed by atoms with Crippen molar-refractivity contribution in [2.75, 3.05) is 38.1 Å². The second-order valence-electron chi connectivity index (χ2n) is 4.17. The maximum Gasteiger partial charge on any atom is 0.281 e. The van der Waals surface area contributed by atoms with Crippen LogP contribution in [0.2, 0.25) is 5.02 Å². The minimum absolute atomic E-state index is 0.222. The van der Waals surface area contributed by atoms with Gasteiger partial charge in [-0.05, 0) is 7.05 Å². The van der Waals surface area contributed by atoms with Gasteiger partial charge in [0.15, 0.2) is 6.29 Å². The van der Waals surface area contributed by atoms with Crippen LogP contribution in [0, 0.1) is 5.21 Å². The van der Waals surface area contributed by atoms with E-state index in [4.69, 9.17) is 11.6 Å². The molecule has 0 spiro atoms. The molecule has 2 heterocycles. The fourth-order valence-corrected chi connectivity index (χ4v) is 2.06. The summed E-state index contributed by atoms with van der Waals surface area (Å²) in [5, 5.41) is 12.1. The van der Waals surface area contributed by atoms with Crippen molar-refractivity contribution in [3.05, 3.63) is 28.1 Å². The highest BCUT2D eigenvalue weighted by atomic mass is 35.5. The van der Waals surface area contributed by atoms with Crippen LogP contribution in [0.25, 0.3) is 0 Å². The van der Waals surface area contributed by atoms with Crippen LogP contribution in [0.1, 0.15) is 10.4 Å². The third-order valence-electron chi connectivity index (χ3n) is 2.97. The minimum Gasteiger partial charge on any atom is -0.711 e. The SMILES string of the molecule is CN1CCN(c2cc(Cl)c(C=O)c[n+]2[O-])CC1. The molecule has 0 unspecified atom stereocenters. The van der Waals surface area contributed by atoms with E-state index in [0.29, 0.717) is 21.9 Å². The number of hydrogen-bond acceptors (Lipinski definition) is 4. The summed E-state index contributed by atoms with van der Waals surface area (Å²) in [6.45, 7) is 3.39. The van der Waals surface area contributed by atoms with E-state index in [0.717, 1.165) is 26.2 Å². The van der Waals surface area contributed by atoms with Crippen molar-refractivity contribution in [3.8, 4) is 0 Å². The fourth-order valence-electron chi connectivity index (χ4n) is 1.87. The number of anilines is 1. The molecule has 0 amide bonds. The molecule has 0 saturated carbocycles. The van der Waals surface area contributed by atoms with Crippen molar-refractivity contribution in [1.29, 1.82) is 0 Å². The Morgan fingerprint density at radius 1 is 1.41 bits per heavy atom. The molecule has 6 heteroatoms. The molecule has 1 fully saturated rings. The van der Waals surface area contributed by atoms with E-state index in [1.807, 2.05) is 11.9 Å². The zero-order valence-electron chi connectivity index (χ0n) is 9.60. The van der Waals surface area contributed by atoms with E-state index in [-0.39, 0.29) is 5.56 Å². The first-order valence-electron chi connectivity index (χ1n) is 5.43. The van der Waals surface area contributed by atoms with Crippen molar-refractivity contribution < 1.29 is 9.52 Å². The summed E-state index contributed by atoms with van der Waals surface area (Å²) in [6.07, 6.45) is 1.81. The van der Waals surface area contributed by atoms with E-state index in [1.54, 1.807) is 6.07 Å². The average Bonchev–Trinajstić information content (AvgIpc) is 2.33. The van der Waals surface area contributed by atoms with Crippen molar-refractivity contribution in [2.24, 2.45) is 0 Å². The van der Waals surface area contributed by atoms with Crippen LogP contribution < -0.4 is 9.63 Å². The van der Waals surface area contributed by atoms with Crippen LogP contribution in [-0.2, 0) is 0 Å². The van der Waals surface area contributed by atoms with Gasteiger partial charge in [-0.1, -0.05) is 11.6 Å². The van der Waals surface area contributed by atoms with Gasteiger partial charge < -0.3 is 5.21 Å². The number of carbonyl (C=O) groups excluding carboxylic acids is 1. The summed E-state index contributed by atoms with van der Waals surface area (Å²) in [5.74, 6) is 0.508. The third kappa shape index (κ3) is 2.50. The first-order chi connectivity index (χ1) is 8.11. The van der Waals surface area contributed by atoms with Crippen LogP contribution in [-0.4, -0.2) is 44.4 Å². The Morgan fingerprint density at radius 3 is 2.65 bits per heavy atom. The highest BCUT2D eigenvalue weighted by Gasteiger charge is 2.23. The summed E-state index contributed by atoms with van der Waals surface area (Å²) >= 11 is 5.93. The lowest BCUT2D eigenvalue weighted by atomic mass is 10.2. The molecule has 0 N–H and O–H groups in total. The molecular formula is C11H14ClN3O2. The largest absolute Gasteiger partial charge is 0.711 e. The van der Waals surface area contributed by atoms with Gasteiger partial charge in [-0.15, -0.1) is 0 Å². The Bertz CT molecular complexity index is 431. The smallest absolute Gasteiger partial charge is 0.281 e. The lowest BCUT2D eigenvalue weighted by Crippen LogP contribution is -2.49. The number of rotatable bonds is 2. The van der Waals surface area contributed by atoms with Crippen molar-refractivity contribution in [3.63, 3.8) is 0 Å². The van der Waals surface area contributed by atoms with E-state index >= 15 is 0 Å². The van der Waals surface area contributed by atoms with Crippen LogP contribution in [0.5, 0.6) is 0 Å². The Labute approximate surface area is 105 Å². The quantitative estimate of drug-likeness (QED) is 0.440. The van der Waals surface area contributed by atoms with E-state index in [2.05, 4.69) is 4.90 Å². The molecule has 1 aliphatic heterocycles. The number of nitrogens with zero attached hydrogens (tertiary/aromatic N) is 3. The standard InChI is InChI=1S/C11H14ClN3O2/c1-13-2-4-14(5-3-13)11-6-10(12)9(8-16)7-15(11)17/h6-8H,2-5H2,1H3. The highest BCUT2D eigenvalue weighted by Crippen LogP contribution is 2.19. The van der Waals surface area contributed by atoms with E-state index < -0.39 is 0 Å². The molecule has 2 rings (SSSR count). The monoisotopic (exact) mass is 255 g/mol. The molecule has 1 aromatic rings. The van der Waals surface area contributed by atoms with Crippen molar-refractivity contribution in [1.82, 2.24) is 4.90 Å². The molecule has 0 aliphatic carbocycles. The molecule has 1 aliphatic rings. The van der Waals surface area contributed by atoms with Crippen molar-refractivity contribution >= 4 is 23.7 Å². The topological polar surface area (TPSA) is 50.5 Å². The summed E-state index contributed by atoms with van der Waals surface area (Å²) < 4.78 is 0.709. The molecule has 1 aromatic heterocycles. The summed E-state index contributed by atoms with van der Waals surface area (Å²) in [7, 11) is 2.05. The van der Waals surface area contributed by atoms with Gasteiger partial charge in [0.2, 0.25) is 0 Å². The third-order valence-corrected chi connectivity index (χ3v) is 3.30. The van der Waals surface area contributed by atoms with Gasteiger partial charge in [0.25, 0.3) is 5.82 Å². The van der Waals surface area contributed by atoms with Crippen LogP contribution in [0.4, 0.5) is 5.82 Å². The lowest BCUT2D eigenvalue weighted by molar-refractivity contribution is -0.592. The number of likely N-dealkylation sites (N-methyl/N-ethyl adjacent to an activating group) is 1. The molecule has 0 bridgehead atoms. The predicted octanol–water partition coefficient (Wildman–Crippen LogP) is 0.538. The number of hydrogen-bond donors (Lipinski definition) is 0. The number of piperazine rings is 1. The Kier molecular flexibility index (Phi) is 3.49. The van der Waals surface area contributed by atoms with Crippen LogP contribution >= 0.6 is 11.6 Å². The van der Waals surface area contributed by atoms with E-state index in [9.17, 15) is 10.0 Å². The summed E-state index contributed by atoms with van der Waals surface area (Å²) in [4.78, 5) is 14.8. The molecular weight excluding hydrogens is 242 g/mol. The molecule has 5 nitrogen and oxygen atoms in total. The predicted molar refractivity (Wildman–Crippen MR) is 65.5 cm³/mol. The number of halogens is 1. The van der Waals surface area contributed by atoms with E-state index in [1.165, 1.54) is 6.20 Å². The number of aromatic nitrogens is 1. The van der Waals surface area contributed by atoms with Gasteiger partial charge >= 0.3 is 0 Å². The fraction of sp³-hybridized carbons (Fsp3) is 0.455. The van der Waals surface area contributed by atoms with Gasteiger partial charge in [0.05, 0.1) is 23.7 Å². The lowest BCUT2D eigenvalue weighted by Gasteiger charge is -2.29. The van der Waals surface area contributed by atoms with Gasteiger partial charge in [0, 0.05) is 19.2 Å². The summed E-state index contributed by atoms with van der Waals surface area (Å²) in [6, 6.07) is 1.56. The minimum atomic E-state index is 0.222. The van der Waals surface area contributed by atoms with Gasteiger partial charge in [-0.25, -0.2) is 4.73 Å². The maximum absolute atomic E-state index is 11.8. The first kappa shape index (κ1) is 12.1. The Morgan fingerprint density at radius 2 is 2.06 bits per heavy atom. The van der Waals surface area contributed by atoms with Crippen LogP contribution in [0.3, 0.4) is 0 Å². The Hall–Kier alpha value is -1.33. The molecule has 1 saturated heterocycles. The van der Waals surface area contributed by atoms with Crippen LogP contribution in [0.15, 0.2) is 12.3 Å². The van der Waals surface area contributed by atoms with Gasteiger partial charge in [-0.2, -0.15) is 0 Å². The second kappa shape index (κ2) is 4.89. The first-order valence-corrected chi connectivity index (χ1v) is 5.81. The molecule has 0 aromatic carbocycles. The summed E-state index contributed by atoms with van der Waals surface area (Å²) in [5.41, 5.74) is 0.222. The number of pyridine rings is 1. The average molecular weight is 256 g/mol. The second-order valence-corrected chi connectivity index (χ2v) is 4.58. The van der Waals surface area contributed by atoms with Gasteiger partial charge in [0.1, 0.15) is 6.20 Å². The number of aldehydes is 1. The maximum atomic E-state index is 11.8. The number of carbonyl (C=O) groups is 1. The van der Waals surface area contributed by atoms with Crippen molar-refractivity contribution in [2.45, 2.75) is 0 Å².